The van der Waals surface area contributed by atoms with Gasteiger partial charge in [0.1, 0.15) is 6.10 Å². The molecule has 220 valence electrons. The smallest absolute Gasteiger partial charge is 0.337 e. The van der Waals surface area contributed by atoms with Crippen LogP contribution >= 0.6 is 0 Å². The lowest BCUT2D eigenvalue weighted by atomic mass is 9.64. The lowest BCUT2D eigenvalue weighted by Gasteiger charge is -2.45. The highest BCUT2D eigenvalue weighted by Crippen LogP contribution is 2.45. The zero-order valence-electron chi connectivity index (χ0n) is 24.9. The minimum Gasteiger partial charge on any atom is -0.465 e. The van der Waals surface area contributed by atoms with Crippen LogP contribution in [0.25, 0.3) is 6.08 Å². The van der Waals surface area contributed by atoms with Crippen molar-refractivity contribution in [2.75, 3.05) is 25.6 Å². The number of ether oxygens (including phenoxy) is 4. The van der Waals surface area contributed by atoms with Gasteiger partial charge in [0.15, 0.2) is 11.3 Å². The maximum atomic E-state index is 14.4. The molecule has 7 heteroatoms. The van der Waals surface area contributed by atoms with Gasteiger partial charge in [-0.2, -0.15) is 0 Å². The normalized spacial score (nSPS) is 27.0. The third-order valence-corrected chi connectivity index (χ3v) is 9.37. The second kappa shape index (κ2) is 11.6. The number of carbonyl (C=O) groups is 2. The van der Waals surface area contributed by atoms with Gasteiger partial charge in [0, 0.05) is 18.0 Å². The van der Waals surface area contributed by atoms with Crippen molar-refractivity contribution < 1.29 is 28.5 Å². The van der Waals surface area contributed by atoms with Crippen molar-refractivity contribution in [1.82, 2.24) is 0 Å². The van der Waals surface area contributed by atoms with E-state index < -0.39 is 17.3 Å². The largest absolute Gasteiger partial charge is 0.465 e. The molecule has 2 fully saturated rings. The van der Waals surface area contributed by atoms with Crippen molar-refractivity contribution in [3.05, 3.63) is 71.3 Å². The molecular formula is C34H43NO6. The number of fused-ring (bicyclic) bond motifs is 1. The molecule has 1 saturated heterocycles. The third kappa shape index (κ3) is 6.07. The van der Waals surface area contributed by atoms with E-state index in [9.17, 15) is 9.59 Å². The van der Waals surface area contributed by atoms with Gasteiger partial charge in [0.25, 0.3) is 0 Å². The average Bonchev–Trinajstić information content (AvgIpc) is 3.42. The van der Waals surface area contributed by atoms with Gasteiger partial charge in [0.05, 0.1) is 25.9 Å². The van der Waals surface area contributed by atoms with E-state index in [0.29, 0.717) is 37.5 Å². The molecule has 2 aromatic rings. The highest BCUT2D eigenvalue weighted by Gasteiger charge is 2.47. The third-order valence-electron chi connectivity index (χ3n) is 9.37. The molecule has 1 aliphatic carbocycles. The quantitative estimate of drug-likeness (QED) is 0.368. The maximum absolute atomic E-state index is 14.4. The van der Waals surface area contributed by atoms with E-state index in [1.807, 2.05) is 31.2 Å². The first-order valence-corrected chi connectivity index (χ1v) is 14.8. The molecule has 3 aliphatic rings. The summed E-state index contributed by atoms with van der Waals surface area (Å²) < 4.78 is 23.2. The number of esters is 2. The Morgan fingerprint density at radius 1 is 1.05 bits per heavy atom. The van der Waals surface area contributed by atoms with Crippen molar-refractivity contribution in [3.8, 4) is 0 Å². The molecular weight excluding hydrogens is 518 g/mol. The molecule has 0 unspecified atom stereocenters. The van der Waals surface area contributed by atoms with Gasteiger partial charge >= 0.3 is 11.9 Å². The Balaban J connectivity index is 1.44. The standard InChI is InChI=1S/C34H43NO6/c1-23-11-13-27(32(2,3)26-9-7-6-8-10-26)29(21-23)41-31(37)34(18-17-33(4)39-19-20-40-33)16-15-24-22-25(30(36)38-5)12-14-28(24)35-34/h6-10,12,14-16,22-23,27,29,35H,11,13,17-21H2,1-5H3/t23-,27-,29-,34+/m1/s1. The summed E-state index contributed by atoms with van der Waals surface area (Å²) in [4.78, 5) is 26.5. The van der Waals surface area contributed by atoms with E-state index in [0.717, 1.165) is 30.5 Å². The predicted octanol–water partition coefficient (Wildman–Crippen LogP) is 6.52. The number of benzene rings is 2. The Kier molecular flexibility index (Phi) is 8.31. The zero-order valence-corrected chi connectivity index (χ0v) is 24.9. The Hall–Kier alpha value is -3.16. The molecule has 0 spiro atoms. The van der Waals surface area contributed by atoms with Crippen molar-refractivity contribution in [2.45, 2.75) is 82.6 Å². The molecule has 2 aromatic carbocycles. The Morgan fingerprint density at radius 2 is 1.78 bits per heavy atom. The van der Waals surface area contributed by atoms with Gasteiger partial charge in [-0.15, -0.1) is 0 Å². The summed E-state index contributed by atoms with van der Waals surface area (Å²) in [6, 6.07) is 15.8. The molecule has 5 rings (SSSR count). The zero-order chi connectivity index (χ0) is 29.3. The summed E-state index contributed by atoms with van der Waals surface area (Å²) in [6.45, 7) is 9.76. The van der Waals surface area contributed by atoms with E-state index >= 15 is 0 Å². The van der Waals surface area contributed by atoms with Crippen molar-refractivity contribution in [3.63, 3.8) is 0 Å². The van der Waals surface area contributed by atoms with Crippen LogP contribution in [0.1, 0.15) is 81.3 Å². The lowest BCUT2D eigenvalue weighted by molar-refractivity contribution is -0.165. The minimum absolute atomic E-state index is 0.161. The molecule has 0 radical (unpaired) electrons. The fourth-order valence-electron chi connectivity index (χ4n) is 6.67. The van der Waals surface area contributed by atoms with Crippen LogP contribution in [-0.4, -0.2) is 49.7 Å². The van der Waals surface area contributed by atoms with Crippen LogP contribution in [0.3, 0.4) is 0 Å². The number of methoxy groups -OCH3 is 1. The van der Waals surface area contributed by atoms with E-state index in [2.05, 4.69) is 50.4 Å². The summed E-state index contributed by atoms with van der Waals surface area (Å²) in [5.41, 5.74) is 2.00. The molecule has 2 heterocycles. The van der Waals surface area contributed by atoms with Crippen LogP contribution in [0.15, 0.2) is 54.6 Å². The van der Waals surface area contributed by atoms with Crippen LogP contribution in [0, 0.1) is 11.8 Å². The molecule has 7 nitrogen and oxygen atoms in total. The van der Waals surface area contributed by atoms with E-state index in [1.54, 1.807) is 12.1 Å². The maximum Gasteiger partial charge on any atom is 0.337 e. The Bertz CT molecular complexity index is 1280. The fourth-order valence-corrected chi connectivity index (χ4v) is 6.67. The molecule has 4 atom stereocenters. The van der Waals surface area contributed by atoms with Crippen LogP contribution < -0.4 is 5.32 Å². The molecule has 1 N–H and O–H groups in total. The predicted molar refractivity (Wildman–Crippen MR) is 159 cm³/mol. The monoisotopic (exact) mass is 561 g/mol. The number of nitrogens with one attached hydrogen (secondary N) is 1. The van der Waals surface area contributed by atoms with Gasteiger partial charge in [-0.05, 0) is 72.9 Å². The summed E-state index contributed by atoms with van der Waals surface area (Å²) in [5, 5.41) is 3.50. The van der Waals surface area contributed by atoms with Gasteiger partial charge < -0.3 is 24.3 Å². The average molecular weight is 562 g/mol. The van der Waals surface area contributed by atoms with Crippen molar-refractivity contribution in [2.24, 2.45) is 11.8 Å². The fraction of sp³-hybridized carbons (Fsp3) is 0.529. The molecule has 0 bridgehead atoms. The summed E-state index contributed by atoms with van der Waals surface area (Å²) in [5.74, 6) is -0.804. The SMILES string of the molecule is COC(=O)c1ccc2c(c1)C=C[C@](CCC1(C)OCCO1)(C(=O)O[C@@H]1C[C@H](C)CC[C@H]1C(C)(C)c1ccccc1)N2. The van der Waals surface area contributed by atoms with E-state index in [4.69, 9.17) is 18.9 Å². The van der Waals surface area contributed by atoms with Gasteiger partial charge in [-0.1, -0.05) is 63.6 Å². The van der Waals surface area contributed by atoms with Crippen LogP contribution in [0.5, 0.6) is 0 Å². The van der Waals surface area contributed by atoms with Crippen LogP contribution in [0.4, 0.5) is 5.69 Å². The number of rotatable bonds is 8. The van der Waals surface area contributed by atoms with Gasteiger partial charge in [-0.25, -0.2) is 9.59 Å². The van der Waals surface area contributed by atoms with E-state index in [-0.39, 0.29) is 23.4 Å². The van der Waals surface area contributed by atoms with Gasteiger partial charge in [0.2, 0.25) is 0 Å². The summed E-state index contributed by atoms with van der Waals surface area (Å²) >= 11 is 0. The van der Waals surface area contributed by atoms with Crippen LogP contribution in [-0.2, 0) is 29.2 Å². The number of anilines is 1. The number of hydrogen-bond acceptors (Lipinski definition) is 7. The second-order valence-corrected chi connectivity index (χ2v) is 12.6. The van der Waals surface area contributed by atoms with Crippen molar-refractivity contribution >= 4 is 23.7 Å². The van der Waals surface area contributed by atoms with E-state index in [1.165, 1.54) is 12.7 Å². The highest BCUT2D eigenvalue weighted by molar-refractivity contribution is 5.95. The first-order chi connectivity index (χ1) is 19.6. The molecule has 2 aliphatic heterocycles. The second-order valence-electron chi connectivity index (χ2n) is 12.6. The van der Waals surface area contributed by atoms with Crippen molar-refractivity contribution in [1.29, 1.82) is 0 Å². The molecule has 41 heavy (non-hydrogen) atoms. The summed E-state index contributed by atoms with van der Waals surface area (Å²) in [7, 11) is 1.36. The Morgan fingerprint density at radius 3 is 2.49 bits per heavy atom. The molecule has 1 saturated carbocycles. The topological polar surface area (TPSA) is 83.1 Å². The first kappa shape index (κ1) is 29.3. The number of carbonyl (C=O) groups excluding carboxylic acids is 2. The minimum atomic E-state index is -1.11. The Labute approximate surface area is 243 Å². The molecule has 0 aromatic heterocycles. The summed E-state index contributed by atoms with van der Waals surface area (Å²) in [6.07, 6.45) is 7.42. The highest BCUT2D eigenvalue weighted by atomic mass is 16.7. The van der Waals surface area contributed by atoms with Gasteiger partial charge in [-0.3, -0.25) is 0 Å². The lowest BCUT2D eigenvalue weighted by Crippen LogP contribution is -2.52. The number of hydrogen-bond donors (Lipinski definition) is 1. The first-order valence-electron chi connectivity index (χ1n) is 14.8. The van der Waals surface area contributed by atoms with Crippen LogP contribution in [0.2, 0.25) is 0 Å². The molecule has 0 amide bonds.